The molecule has 1 fully saturated rings. The summed E-state index contributed by atoms with van der Waals surface area (Å²) >= 11 is 6.26. The topological polar surface area (TPSA) is 42.4 Å². The maximum absolute atomic E-state index is 12.4. The molecule has 0 spiro atoms. The van der Waals surface area contributed by atoms with Crippen molar-refractivity contribution in [1.82, 2.24) is 9.88 Å². The Morgan fingerprint density at radius 2 is 2.12 bits per heavy atom. The Balaban J connectivity index is 1.80. The molecule has 4 rings (SSSR count). The third kappa shape index (κ3) is 3.01. The highest BCUT2D eigenvalue weighted by Gasteiger charge is 2.43. The summed E-state index contributed by atoms with van der Waals surface area (Å²) in [5.74, 6) is -0.132. The van der Waals surface area contributed by atoms with Gasteiger partial charge in [-0.1, -0.05) is 23.7 Å². The van der Waals surface area contributed by atoms with Crippen LogP contribution in [-0.4, -0.2) is 35.0 Å². The average molecular weight is 371 g/mol. The number of carbonyl (C=O) groups excluding carboxylic acids is 1. The van der Waals surface area contributed by atoms with Crippen LogP contribution in [0.25, 0.3) is 0 Å². The van der Waals surface area contributed by atoms with Crippen molar-refractivity contribution in [3.05, 3.63) is 63.4 Å². The Kier molecular flexibility index (Phi) is 4.72. The molecule has 1 aromatic heterocycles. The number of hydrogen-bond acceptors (Lipinski definition) is 4. The number of hydrogen-bond donors (Lipinski definition) is 0. The van der Waals surface area contributed by atoms with E-state index in [0.29, 0.717) is 6.61 Å². The highest BCUT2D eigenvalue weighted by molar-refractivity contribution is 6.30. The summed E-state index contributed by atoms with van der Waals surface area (Å²) in [6.45, 7) is 5.20. The van der Waals surface area contributed by atoms with Crippen molar-refractivity contribution in [3.63, 3.8) is 0 Å². The zero-order chi connectivity index (χ0) is 18.3. The van der Waals surface area contributed by atoms with Crippen molar-refractivity contribution in [1.29, 1.82) is 0 Å². The highest BCUT2D eigenvalue weighted by atomic mass is 35.5. The number of nitrogens with zero attached hydrogens (tertiary/aromatic N) is 2. The van der Waals surface area contributed by atoms with Gasteiger partial charge in [-0.25, -0.2) is 0 Å². The number of benzene rings is 1. The van der Waals surface area contributed by atoms with E-state index >= 15 is 0 Å². The van der Waals surface area contributed by atoms with Gasteiger partial charge >= 0.3 is 5.97 Å². The van der Waals surface area contributed by atoms with Crippen LogP contribution >= 0.6 is 11.6 Å². The summed E-state index contributed by atoms with van der Waals surface area (Å²) in [6, 6.07) is 8.09. The van der Waals surface area contributed by atoms with E-state index in [4.69, 9.17) is 21.3 Å². The number of aromatic nitrogens is 1. The van der Waals surface area contributed by atoms with Gasteiger partial charge in [-0.05, 0) is 67.5 Å². The lowest BCUT2D eigenvalue weighted by Gasteiger charge is -2.44. The molecular formula is C21H23ClN2O2. The molecule has 2 aromatic rings. The van der Waals surface area contributed by atoms with E-state index in [2.05, 4.69) is 30.0 Å². The fraction of sp³-hybridized carbons (Fsp3) is 0.429. The van der Waals surface area contributed by atoms with Crippen LogP contribution in [0.5, 0.6) is 0 Å². The van der Waals surface area contributed by atoms with Crippen LogP contribution < -0.4 is 0 Å². The fourth-order valence-corrected chi connectivity index (χ4v) is 4.30. The van der Waals surface area contributed by atoms with Gasteiger partial charge in [0.1, 0.15) is 6.04 Å². The Morgan fingerprint density at radius 1 is 1.31 bits per heavy atom. The second-order valence-electron chi connectivity index (χ2n) is 7.10. The van der Waals surface area contributed by atoms with Crippen LogP contribution in [0.4, 0.5) is 0 Å². The molecule has 1 saturated heterocycles. The fourth-order valence-electron chi connectivity index (χ4n) is 4.10. The number of pyridine rings is 1. The molecule has 0 saturated carbocycles. The first-order valence-corrected chi connectivity index (χ1v) is 9.62. The molecule has 5 heteroatoms. The van der Waals surface area contributed by atoms with Crippen LogP contribution in [0.1, 0.15) is 47.3 Å². The summed E-state index contributed by atoms with van der Waals surface area (Å²) in [5, 5.41) is 0.753. The average Bonchev–Trinajstić information content (AvgIpc) is 2.71. The van der Waals surface area contributed by atoms with Gasteiger partial charge < -0.3 is 4.74 Å². The number of carbonyl (C=O) groups is 1. The number of likely N-dealkylation sites (tertiary alicyclic amines) is 1. The van der Waals surface area contributed by atoms with E-state index in [1.807, 2.05) is 19.2 Å². The van der Waals surface area contributed by atoms with Gasteiger partial charge in [0.15, 0.2) is 0 Å². The molecule has 0 N–H and O–H groups in total. The lowest BCUT2D eigenvalue weighted by Crippen LogP contribution is -2.54. The minimum atomic E-state index is -0.197. The smallest absolute Gasteiger partial charge is 0.323 e. The van der Waals surface area contributed by atoms with Crippen LogP contribution in [0.2, 0.25) is 5.02 Å². The molecule has 4 nitrogen and oxygen atoms in total. The molecule has 0 bridgehead atoms. The number of fused-ring (bicyclic) bond motifs is 2. The Bertz CT molecular complexity index is 798. The number of rotatable bonds is 3. The normalized spacial score (nSPS) is 22.0. The van der Waals surface area contributed by atoms with Gasteiger partial charge in [0.05, 0.1) is 18.3 Å². The number of esters is 1. The van der Waals surface area contributed by atoms with Crippen LogP contribution in [0, 0.1) is 6.92 Å². The van der Waals surface area contributed by atoms with Crippen molar-refractivity contribution in [2.75, 3.05) is 13.2 Å². The first kappa shape index (κ1) is 17.5. The molecule has 2 atom stereocenters. The van der Waals surface area contributed by atoms with Crippen LogP contribution in [-0.2, 0) is 22.4 Å². The molecule has 2 aliphatic rings. The lowest BCUT2D eigenvalue weighted by molar-refractivity contribution is -0.156. The van der Waals surface area contributed by atoms with Gasteiger partial charge in [0.25, 0.3) is 0 Å². The molecule has 26 heavy (non-hydrogen) atoms. The summed E-state index contributed by atoms with van der Waals surface area (Å²) < 4.78 is 5.29. The lowest BCUT2D eigenvalue weighted by atomic mass is 9.90. The minimum Gasteiger partial charge on any atom is -0.465 e. The summed E-state index contributed by atoms with van der Waals surface area (Å²) in [5.41, 5.74) is 5.94. The molecule has 0 radical (unpaired) electrons. The molecule has 1 unspecified atom stereocenters. The molecule has 1 aromatic carbocycles. The van der Waals surface area contributed by atoms with E-state index in [1.165, 1.54) is 16.7 Å². The molecule has 0 amide bonds. The minimum absolute atomic E-state index is 0.0245. The number of ether oxygens (including phenoxy) is 1. The van der Waals surface area contributed by atoms with Crippen molar-refractivity contribution < 1.29 is 9.53 Å². The monoisotopic (exact) mass is 370 g/mol. The van der Waals surface area contributed by atoms with Crippen LogP contribution in [0.3, 0.4) is 0 Å². The van der Waals surface area contributed by atoms with E-state index in [9.17, 15) is 4.79 Å². The van der Waals surface area contributed by atoms with Gasteiger partial charge in [-0.2, -0.15) is 0 Å². The van der Waals surface area contributed by atoms with Gasteiger partial charge in [-0.15, -0.1) is 0 Å². The number of aryl methyl sites for hydroxylation is 3. The van der Waals surface area contributed by atoms with Crippen molar-refractivity contribution >= 4 is 17.6 Å². The van der Waals surface area contributed by atoms with Crippen molar-refractivity contribution in [2.45, 2.75) is 45.2 Å². The zero-order valence-electron chi connectivity index (χ0n) is 15.2. The maximum atomic E-state index is 12.4. The molecule has 1 aliphatic carbocycles. The molecular weight excluding hydrogens is 348 g/mol. The van der Waals surface area contributed by atoms with Crippen molar-refractivity contribution in [2.24, 2.45) is 0 Å². The van der Waals surface area contributed by atoms with Crippen LogP contribution in [0.15, 0.2) is 30.5 Å². The number of halogens is 1. The second kappa shape index (κ2) is 7.01. The Labute approximate surface area is 159 Å². The molecule has 136 valence electrons. The van der Waals surface area contributed by atoms with Crippen molar-refractivity contribution in [3.8, 4) is 0 Å². The van der Waals surface area contributed by atoms with E-state index in [-0.39, 0.29) is 18.1 Å². The van der Waals surface area contributed by atoms with E-state index < -0.39 is 0 Å². The summed E-state index contributed by atoms with van der Waals surface area (Å²) in [7, 11) is 0. The maximum Gasteiger partial charge on any atom is 0.323 e. The SMILES string of the molecule is CCOC(=O)[C@@H]1CCN1C1c2ccc(Cl)cc2CCc2cc(C)cnc21. The highest BCUT2D eigenvalue weighted by Crippen LogP contribution is 2.41. The van der Waals surface area contributed by atoms with E-state index in [0.717, 1.165) is 42.1 Å². The van der Waals surface area contributed by atoms with Gasteiger partial charge in [-0.3, -0.25) is 14.7 Å². The zero-order valence-corrected chi connectivity index (χ0v) is 15.9. The first-order valence-electron chi connectivity index (χ1n) is 9.24. The Hall–Kier alpha value is -1.91. The largest absolute Gasteiger partial charge is 0.465 e. The predicted molar refractivity (Wildman–Crippen MR) is 101 cm³/mol. The second-order valence-corrected chi connectivity index (χ2v) is 7.53. The molecule has 1 aliphatic heterocycles. The Morgan fingerprint density at radius 3 is 2.85 bits per heavy atom. The quantitative estimate of drug-likeness (QED) is 0.769. The third-order valence-corrected chi connectivity index (χ3v) is 5.65. The molecule has 2 heterocycles. The predicted octanol–water partition coefficient (Wildman–Crippen LogP) is 3.87. The standard InChI is InChI=1S/C21H23ClN2O2/c1-3-26-21(25)18-8-9-24(18)20-17-7-6-16(22)11-14(17)4-5-15-10-13(2)12-23-19(15)20/h6-7,10-12,18,20H,3-5,8-9H2,1-2H3/t18-,20?/m0/s1. The first-order chi connectivity index (χ1) is 12.6. The van der Waals surface area contributed by atoms with E-state index in [1.54, 1.807) is 0 Å². The van der Waals surface area contributed by atoms with Gasteiger partial charge in [0, 0.05) is 17.8 Å². The summed E-state index contributed by atoms with van der Waals surface area (Å²) in [4.78, 5) is 19.4. The summed E-state index contributed by atoms with van der Waals surface area (Å²) in [6.07, 6.45) is 4.62. The third-order valence-electron chi connectivity index (χ3n) is 5.41. The van der Waals surface area contributed by atoms with Gasteiger partial charge in [0.2, 0.25) is 0 Å².